The third-order valence-electron chi connectivity index (χ3n) is 8.59. The molecule has 0 fully saturated rings. The van der Waals surface area contributed by atoms with Gasteiger partial charge in [-0.1, -0.05) is 178 Å². The van der Waals surface area contributed by atoms with Crippen molar-refractivity contribution < 1.29 is 18.1 Å². The third-order valence-corrected chi connectivity index (χ3v) is 21.6. The number of hydrogen-bond donors (Lipinski definition) is 0. The maximum absolute atomic E-state index is 6.33. The van der Waals surface area contributed by atoms with Crippen molar-refractivity contribution in [2.75, 3.05) is 50.3 Å². The van der Waals surface area contributed by atoms with Crippen LogP contribution in [0.2, 0.25) is 0 Å². The molecule has 12 heteroatoms. The van der Waals surface area contributed by atoms with E-state index in [9.17, 15) is 0 Å². The minimum Gasteiger partial charge on any atom is -0.329 e. The summed E-state index contributed by atoms with van der Waals surface area (Å²) in [7, 11) is 7.64. The summed E-state index contributed by atoms with van der Waals surface area (Å²) >= 11 is 12.1. The Balaban J connectivity index is 4.36. The first-order valence-electron chi connectivity index (χ1n) is 20.8. The fourth-order valence-corrected chi connectivity index (χ4v) is 17.0. The van der Waals surface area contributed by atoms with Gasteiger partial charge in [-0.2, -0.15) is 0 Å². The summed E-state index contributed by atoms with van der Waals surface area (Å²) in [5, 5.41) is 0. The van der Waals surface area contributed by atoms with Gasteiger partial charge in [0, 0.05) is 23.8 Å². The summed E-state index contributed by atoms with van der Waals surface area (Å²) in [6.45, 7) is 7.73. The van der Waals surface area contributed by atoms with Crippen molar-refractivity contribution in [3.8, 4) is 0 Å². The van der Waals surface area contributed by atoms with Gasteiger partial charge in [-0.15, -0.1) is 0 Å². The van der Waals surface area contributed by atoms with Crippen molar-refractivity contribution in [3.05, 3.63) is 0 Å². The minimum absolute atomic E-state index is 0.760. The van der Waals surface area contributed by atoms with Gasteiger partial charge in [0.2, 0.25) is 0 Å². The first-order valence-corrected chi connectivity index (χ1v) is 31.6. The number of rotatable bonds is 43. The Labute approximate surface area is 338 Å². The summed E-state index contributed by atoms with van der Waals surface area (Å²) in [6.07, 6.45) is 34.3. The second kappa shape index (κ2) is 41.2. The van der Waals surface area contributed by atoms with E-state index < -0.39 is 13.0 Å². The summed E-state index contributed by atoms with van der Waals surface area (Å²) in [5.74, 6) is 2.16. The van der Waals surface area contributed by atoms with E-state index in [1.165, 1.54) is 128 Å². The molecular formula is C38H80O4P2S6. The van der Waals surface area contributed by atoms with Crippen molar-refractivity contribution in [3.63, 3.8) is 0 Å². The average Bonchev–Trinajstić information content (AvgIpc) is 3.11. The molecule has 0 aliphatic heterocycles. The van der Waals surface area contributed by atoms with Gasteiger partial charge in [0.05, 0.1) is 26.4 Å². The molecule has 0 heterocycles. The van der Waals surface area contributed by atoms with Crippen molar-refractivity contribution in [2.45, 2.75) is 195 Å². The molecule has 0 amide bonds. The molecule has 0 saturated heterocycles. The molecule has 0 spiro atoms. The molecule has 0 bridgehead atoms. The molecule has 0 aliphatic rings. The first-order chi connectivity index (χ1) is 24.4. The lowest BCUT2D eigenvalue weighted by Gasteiger charge is -2.23. The molecule has 50 heavy (non-hydrogen) atoms. The molecule has 0 aliphatic carbocycles. The highest BCUT2D eigenvalue weighted by Gasteiger charge is 2.20. The lowest BCUT2D eigenvalue weighted by atomic mass is 10.1. The lowest BCUT2D eigenvalue weighted by molar-refractivity contribution is 0.237. The molecule has 0 unspecified atom stereocenters. The monoisotopic (exact) mass is 854 g/mol. The van der Waals surface area contributed by atoms with E-state index >= 15 is 0 Å². The predicted molar refractivity (Wildman–Crippen MR) is 245 cm³/mol. The molecule has 0 aromatic rings. The fraction of sp³-hybridized carbons (Fsp3) is 1.00. The van der Waals surface area contributed by atoms with Gasteiger partial charge < -0.3 is 18.1 Å². The highest BCUT2D eigenvalue weighted by atomic mass is 33.7. The SMILES string of the molecule is CCCCCCCCOP(=S)(CCCSSSSCCCP(=S)(OCCCCCCCC)OCCCCCCCC)OCCCCCCCC. The van der Waals surface area contributed by atoms with Crippen molar-refractivity contribution in [2.24, 2.45) is 0 Å². The van der Waals surface area contributed by atoms with Crippen molar-refractivity contribution in [1.29, 1.82) is 0 Å². The Hall–Kier alpha value is 2.54. The van der Waals surface area contributed by atoms with E-state index in [4.69, 9.17) is 41.7 Å². The van der Waals surface area contributed by atoms with Gasteiger partial charge in [0.15, 0.2) is 13.0 Å². The standard InChI is InChI=1S/C38H80O4P2S6/c1-5-9-13-17-21-25-31-39-43(45,40-32-26-22-18-14-10-6-2)35-29-37-47-49-50-48-38-30-36-44(46,41-33-27-23-19-15-11-7-3)42-34-28-24-20-16-12-8-4/h5-38H2,1-4H3. The van der Waals surface area contributed by atoms with Crippen LogP contribution in [0.4, 0.5) is 0 Å². The molecule has 0 rings (SSSR count). The van der Waals surface area contributed by atoms with E-state index in [1.54, 1.807) is 0 Å². The zero-order chi connectivity index (χ0) is 36.7. The van der Waals surface area contributed by atoms with Gasteiger partial charge in [0.25, 0.3) is 0 Å². The topological polar surface area (TPSA) is 36.9 Å². The lowest BCUT2D eigenvalue weighted by Crippen LogP contribution is -2.04. The third kappa shape index (κ3) is 37.5. The van der Waals surface area contributed by atoms with E-state index in [-0.39, 0.29) is 0 Å². The van der Waals surface area contributed by atoms with Crippen LogP contribution < -0.4 is 0 Å². The van der Waals surface area contributed by atoms with Gasteiger partial charge >= 0.3 is 0 Å². The highest BCUT2D eigenvalue weighted by Crippen LogP contribution is 2.52. The van der Waals surface area contributed by atoms with E-state index in [1.807, 2.05) is 41.2 Å². The van der Waals surface area contributed by atoms with Gasteiger partial charge in [0.1, 0.15) is 0 Å². The van der Waals surface area contributed by atoms with E-state index in [0.717, 1.165) is 88.8 Å². The maximum atomic E-state index is 6.33. The Morgan fingerprint density at radius 2 is 0.580 bits per heavy atom. The number of unbranched alkanes of at least 4 members (excludes halogenated alkanes) is 20. The zero-order valence-corrected chi connectivity index (χ0v) is 39.7. The van der Waals surface area contributed by atoms with Gasteiger partial charge in [-0.3, -0.25) is 0 Å². The molecular weight excluding hydrogens is 775 g/mol. The smallest absolute Gasteiger partial charge is 0.188 e. The Kier molecular flexibility index (Phi) is 43.3. The molecule has 302 valence electrons. The molecule has 0 aromatic heterocycles. The second-order valence-electron chi connectivity index (χ2n) is 13.6. The second-order valence-corrected chi connectivity index (χ2v) is 27.5. The summed E-state index contributed by atoms with van der Waals surface area (Å²) in [4.78, 5) is 0. The molecule has 0 N–H and O–H groups in total. The summed E-state index contributed by atoms with van der Waals surface area (Å²) < 4.78 is 25.3. The van der Waals surface area contributed by atoms with Crippen LogP contribution in [0, 0.1) is 0 Å². The quantitative estimate of drug-likeness (QED) is 0.0336. The molecule has 0 atom stereocenters. The van der Waals surface area contributed by atoms with Crippen LogP contribution in [0.15, 0.2) is 0 Å². The van der Waals surface area contributed by atoms with Crippen LogP contribution in [0.3, 0.4) is 0 Å². The number of hydrogen-bond acceptors (Lipinski definition) is 10. The van der Waals surface area contributed by atoms with Crippen molar-refractivity contribution >= 4 is 77.8 Å². The van der Waals surface area contributed by atoms with Crippen LogP contribution in [0.5, 0.6) is 0 Å². The minimum atomic E-state index is -2.19. The van der Waals surface area contributed by atoms with E-state index in [2.05, 4.69) is 27.7 Å². The highest BCUT2D eigenvalue weighted by molar-refractivity contribution is 9.26. The Morgan fingerprint density at radius 3 is 0.840 bits per heavy atom. The largest absolute Gasteiger partial charge is 0.329 e. The van der Waals surface area contributed by atoms with E-state index in [0.29, 0.717) is 0 Å². The fourth-order valence-electron chi connectivity index (χ4n) is 5.42. The predicted octanol–water partition coefficient (Wildman–Crippen LogP) is 16.6. The first kappa shape index (κ1) is 52.5. The summed E-state index contributed by atoms with van der Waals surface area (Å²) in [5.41, 5.74) is 0. The zero-order valence-electron chi connectivity index (χ0n) is 33.0. The molecule has 0 radical (unpaired) electrons. The van der Waals surface area contributed by atoms with Crippen LogP contribution in [-0.2, 0) is 41.7 Å². The van der Waals surface area contributed by atoms with Gasteiger partial charge in [-0.05, 0) is 81.8 Å². The molecule has 4 nitrogen and oxygen atoms in total. The molecule has 0 saturated carbocycles. The molecule has 0 aromatic carbocycles. The van der Waals surface area contributed by atoms with Gasteiger partial charge in [-0.25, -0.2) is 0 Å². The average molecular weight is 855 g/mol. The van der Waals surface area contributed by atoms with Crippen LogP contribution in [-0.4, -0.2) is 50.3 Å². The van der Waals surface area contributed by atoms with Crippen LogP contribution in [0.1, 0.15) is 195 Å². The Bertz CT molecular complexity index is 678. The normalized spacial score (nSPS) is 12.3. The maximum Gasteiger partial charge on any atom is 0.188 e. The van der Waals surface area contributed by atoms with Crippen molar-refractivity contribution in [1.82, 2.24) is 0 Å². The Morgan fingerprint density at radius 1 is 0.340 bits per heavy atom. The van der Waals surface area contributed by atoms with Crippen LogP contribution >= 0.6 is 54.2 Å². The summed E-state index contributed by atoms with van der Waals surface area (Å²) in [6, 6.07) is 0. The van der Waals surface area contributed by atoms with Crippen LogP contribution in [0.25, 0.3) is 0 Å².